The number of ether oxygens (including phenoxy) is 3. The summed E-state index contributed by atoms with van der Waals surface area (Å²) in [5, 5.41) is 10.1. The SMILES string of the molecule is COc1cc2c(c(OC)c1OC)-c1ccc(O)c(=O)cc1[C@@H]([N+](C)(C)C)CC2. The zero-order chi connectivity index (χ0) is 20.6. The molecule has 1 aliphatic rings. The predicted octanol–water partition coefficient (Wildman–Crippen LogP) is 3.14. The van der Waals surface area contributed by atoms with E-state index in [-0.39, 0.29) is 17.2 Å². The van der Waals surface area contributed by atoms with E-state index in [1.54, 1.807) is 33.5 Å². The highest BCUT2D eigenvalue weighted by atomic mass is 16.5. The highest BCUT2D eigenvalue weighted by Gasteiger charge is 2.34. The number of hydrogen-bond acceptors (Lipinski definition) is 5. The number of aromatic hydroxyl groups is 1. The summed E-state index contributed by atoms with van der Waals surface area (Å²) in [5.41, 5.74) is 3.30. The summed E-state index contributed by atoms with van der Waals surface area (Å²) in [6.07, 6.45) is 1.64. The van der Waals surface area contributed by atoms with E-state index >= 15 is 0 Å². The van der Waals surface area contributed by atoms with E-state index in [9.17, 15) is 9.90 Å². The average molecular weight is 386 g/mol. The van der Waals surface area contributed by atoms with Gasteiger partial charge >= 0.3 is 0 Å². The van der Waals surface area contributed by atoms with Gasteiger partial charge in [0.25, 0.3) is 0 Å². The number of methoxy groups -OCH3 is 3. The molecule has 0 fully saturated rings. The van der Waals surface area contributed by atoms with Crippen molar-refractivity contribution in [2.24, 2.45) is 0 Å². The third kappa shape index (κ3) is 3.29. The molecule has 0 radical (unpaired) electrons. The van der Waals surface area contributed by atoms with Gasteiger partial charge in [0, 0.05) is 17.5 Å². The van der Waals surface area contributed by atoms with Crippen LogP contribution in [0.4, 0.5) is 0 Å². The number of hydrogen-bond donors (Lipinski definition) is 1. The van der Waals surface area contributed by atoms with E-state index in [0.717, 1.165) is 35.1 Å². The molecule has 1 aliphatic carbocycles. The Hall–Kier alpha value is -2.73. The molecule has 2 aromatic rings. The van der Waals surface area contributed by atoms with Gasteiger partial charge in [-0.05, 0) is 41.8 Å². The first-order valence-electron chi connectivity index (χ1n) is 9.23. The van der Waals surface area contributed by atoms with Crippen molar-refractivity contribution in [2.45, 2.75) is 18.9 Å². The van der Waals surface area contributed by atoms with Crippen LogP contribution < -0.4 is 19.6 Å². The van der Waals surface area contributed by atoms with Crippen LogP contribution >= 0.6 is 0 Å². The van der Waals surface area contributed by atoms with Crippen molar-refractivity contribution in [3.8, 4) is 34.1 Å². The van der Waals surface area contributed by atoms with E-state index in [2.05, 4.69) is 21.1 Å². The summed E-state index contributed by atoms with van der Waals surface area (Å²) in [4.78, 5) is 12.4. The van der Waals surface area contributed by atoms with E-state index in [4.69, 9.17) is 14.2 Å². The van der Waals surface area contributed by atoms with Gasteiger partial charge in [0.05, 0.1) is 42.5 Å². The molecule has 0 aromatic heterocycles. The van der Waals surface area contributed by atoms with Crippen LogP contribution in [0.1, 0.15) is 23.6 Å². The van der Waals surface area contributed by atoms with Crippen molar-refractivity contribution < 1.29 is 23.8 Å². The first-order chi connectivity index (χ1) is 13.2. The van der Waals surface area contributed by atoms with E-state index in [1.165, 1.54) is 6.07 Å². The van der Waals surface area contributed by atoms with Gasteiger partial charge in [-0.15, -0.1) is 0 Å². The standard InChI is InChI=1S/C22H27NO5/c1-23(2,3)16-9-7-13-11-19(26-4)21(27-5)22(28-6)20(13)14-8-10-17(24)18(25)12-15(14)16/h8,10-12,16H,7,9H2,1-6H3/p+1/t16-/m0/s1. The molecule has 28 heavy (non-hydrogen) atoms. The molecule has 1 N–H and O–H groups in total. The second-order valence-corrected chi connectivity index (χ2v) is 7.95. The fourth-order valence-corrected chi connectivity index (χ4v) is 4.09. The summed E-state index contributed by atoms with van der Waals surface area (Å²) in [7, 11) is 11.1. The highest BCUT2D eigenvalue weighted by molar-refractivity contribution is 5.82. The molecule has 0 unspecified atom stereocenters. The normalized spacial score (nSPS) is 15.9. The molecule has 1 atom stereocenters. The van der Waals surface area contributed by atoms with Crippen LogP contribution in [0.3, 0.4) is 0 Å². The zero-order valence-corrected chi connectivity index (χ0v) is 17.3. The Bertz CT molecular complexity index is 962. The molecule has 150 valence electrons. The Kier molecular flexibility index (Phi) is 5.26. The molecule has 6 nitrogen and oxygen atoms in total. The van der Waals surface area contributed by atoms with Crippen LogP contribution in [0, 0.1) is 0 Å². The monoisotopic (exact) mass is 386 g/mol. The molecule has 0 bridgehead atoms. The molecule has 0 saturated carbocycles. The molecular formula is C22H28NO5+. The average Bonchev–Trinajstić information content (AvgIpc) is 2.88. The Labute approximate surface area is 165 Å². The molecular weight excluding hydrogens is 358 g/mol. The van der Waals surface area contributed by atoms with Gasteiger partial charge in [-0.25, -0.2) is 0 Å². The Morgan fingerprint density at radius 1 is 1.00 bits per heavy atom. The van der Waals surface area contributed by atoms with Gasteiger partial charge in [0.15, 0.2) is 17.2 Å². The Morgan fingerprint density at radius 3 is 2.25 bits per heavy atom. The van der Waals surface area contributed by atoms with Crippen LogP contribution in [-0.4, -0.2) is 52.1 Å². The zero-order valence-electron chi connectivity index (χ0n) is 17.3. The maximum Gasteiger partial charge on any atom is 0.220 e. The molecule has 0 saturated heterocycles. The first kappa shape index (κ1) is 20.0. The fourth-order valence-electron chi connectivity index (χ4n) is 4.09. The topological polar surface area (TPSA) is 65.0 Å². The van der Waals surface area contributed by atoms with E-state index in [0.29, 0.717) is 21.7 Å². The second-order valence-electron chi connectivity index (χ2n) is 7.95. The van der Waals surface area contributed by atoms with Crippen LogP contribution in [0.2, 0.25) is 0 Å². The van der Waals surface area contributed by atoms with E-state index in [1.807, 2.05) is 6.07 Å². The lowest BCUT2D eigenvalue weighted by Crippen LogP contribution is -2.39. The van der Waals surface area contributed by atoms with Gasteiger partial charge in [-0.3, -0.25) is 4.79 Å². The molecule has 0 amide bonds. The second kappa shape index (κ2) is 7.36. The van der Waals surface area contributed by atoms with E-state index < -0.39 is 0 Å². The minimum atomic E-state index is -0.386. The number of fused-ring (bicyclic) bond motifs is 3. The van der Waals surface area contributed by atoms with Crippen molar-refractivity contribution in [1.82, 2.24) is 0 Å². The maximum atomic E-state index is 12.4. The number of nitrogens with zero attached hydrogens (tertiary/aromatic N) is 1. The third-order valence-electron chi connectivity index (χ3n) is 5.42. The number of aryl methyl sites for hydroxylation is 1. The molecule has 6 heteroatoms. The summed E-state index contributed by atoms with van der Waals surface area (Å²) < 4.78 is 17.5. The summed E-state index contributed by atoms with van der Waals surface area (Å²) in [6, 6.07) is 6.86. The molecule has 0 heterocycles. The predicted molar refractivity (Wildman–Crippen MR) is 109 cm³/mol. The summed E-state index contributed by atoms with van der Waals surface area (Å²) in [5.74, 6) is 1.42. The minimum absolute atomic E-state index is 0.0728. The first-order valence-corrected chi connectivity index (χ1v) is 9.23. The van der Waals surface area contributed by atoms with Gasteiger partial charge in [-0.2, -0.15) is 0 Å². The smallest absolute Gasteiger partial charge is 0.220 e. The van der Waals surface area contributed by atoms with Crippen LogP contribution in [0.25, 0.3) is 11.1 Å². The fraction of sp³-hybridized carbons (Fsp3) is 0.409. The quantitative estimate of drug-likeness (QED) is 0.818. The lowest BCUT2D eigenvalue weighted by atomic mass is 9.95. The highest BCUT2D eigenvalue weighted by Crippen LogP contribution is 2.51. The molecule has 0 spiro atoms. The molecule has 3 rings (SSSR count). The molecule has 0 aliphatic heterocycles. The van der Waals surface area contributed by atoms with Crippen molar-refractivity contribution in [2.75, 3.05) is 42.5 Å². The van der Waals surface area contributed by atoms with Crippen LogP contribution in [-0.2, 0) is 6.42 Å². The lowest BCUT2D eigenvalue weighted by Gasteiger charge is -2.34. The lowest BCUT2D eigenvalue weighted by molar-refractivity contribution is -0.902. The number of rotatable bonds is 4. The van der Waals surface area contributed by atoms with Crippen molar-refractivity contribution in [3.05, 3.63) is 45.6 Å². The van der Waals surface area contributed by atoms with Gasteiger partial charge in [0.1, 0.15) is 6.04 Å². The Balaban J connectivity index is 2.47. The largest absolute Gasteiger partial charge is 0.504 e. The molecule has 2 aromatic carbocycles. The minimum Gasteiger partial charge on any atom is -0.504 e. The van der Waals surface area contributed by atoms with Crippen molar-refractivity contribution >= 4 is 0 Å². The third-order valence-corrected chi connectivity index (χ3v) is 5.42. The number of benzene rings is 1. The van der Waals surface area contributed by atoms with Gasteiger partial charge in [0.2, 0.25) is 11.2 Å². The van der Waals surface area contributed by atoms with Crippen molar-refractivity contribution in [1.29, 1.82) is 0 Å². The van der Waals surface area contributed by atoms with Crippen LogP contribution in [0.5, 0.6) is 23.0 Å². The van der Waals surface area contributed by atoms with Crippen LogP contribution in [0.15, 0.2) is 29.1 Å². The van der Waals surface area contributed by atoms with Crippen molar-refractivity contribution in [3.63, 3.8) is 0 Å². The number of quaternary nitrogens is 1. The van der Waals surface area contributed by atoms with Gasteiger partial charge in [-0.1, -0.05) is 0 Å². The summed E-state index contributed by atoms with van der Waals surface area (Å²) in [6.45, 7) is 0. The Morgan fingerprint density at radius 2 is 1.68 bits per heavy atom. The summed E-state index contributed by atoms with van der Waals surface area (Å²) >= 11 is 0. The maximum absolute atomic E-state index is 12.4. The van der Waals surface area contributed by atoms with Gasteiger partial charge < -0.3 is 23.8 Å².